The molecule has 47 heavy (non-hydrogen) atoms. The van der Waals surface area contributed by atoms with Gasteiger partial charge < -0.3 is 19.9 Å². The Hall–Kier alpha value is -4.07. The average molecular weight is 652 g/mol. The number of unbranched alkanes of at least 4 members (excludes halogenated alkanes) is 3. The van der Waals surface area contributed by atoms with E-state index < -0.39 is 0 Å². The quantitative estimate of drug-likeness (QED) is 0.0859. The maximum atomic E-state index is 12.8. The van der Waals surface area contributed by atoms with Crippen molar-refractivity contribution in [3.63, 3.8) is 0 Å². The first-order valence-electron chi connectivity index (χ1n) is 16.8. The number of hydrogen-bond acceptors (Lipinski definition) is 5. The van der Waals surface area contributed by atoms with Crippen molar-refractivity contribution >= 4 is 29.4 Å². The first-order valence-corrected chi connectivity index (χ1v) is 17.8. The molecule has 0 bridgehead atoms. The second-order valence-electron chi connectivity index (χ2n) is 11.6. The first kappa shape index (κ1) is 35.8. The van der Waals surface area contributed by atoms with E-state index in [0.29, 0.717) is 24.5 Å². The zero-order valence-electron chi connectivity index (χ0n) is 28.1. The molecule has 4 rings (SSSR count). The monoisotopic (exact) mass is 651 g/mol. The van der Waals surface area contributed by atoms with Crippen LogP contribution in [0.15, 0.2) is 115 Å². The Kier molecular flexibility index (Phi) is 14.4. The fourth-order valence-electron chi connectivity index (χ4n) is 5.83. The number of benzene rings is 4. The molecule has 4 aromatic carbocycles. The fraction of sp³-hybridized carbons (Fsp3) is 0.350. The Morgan fingerprint density at radius 3 is 1.68 bits per heavy atom. The van der Waals surface area contributed by atoms with Gasteiger partial charge in [0, 0.05) is 32.2 Å². The van der Waals surface area contributed by atoms with Gasteiger partial charge in [0.25, 0.3) is 0 Å². The lowest BCUT2D eigenvalue weighted by Crippen LogP contribution is -2.40. The van der Waals surface area contributed by atoms with E-state index in [0.717, 1.165) is 38.2 Å². The summed E-state index contributed by atoms with van der Waals surface area (Å²) in [4.78, 5) is 28.2. The summed E-state index contributed by atoms with van der Waals surface area (Å²) < 4.78 is 5.33. The molecule has 1 N–H and O–H groups in total. The Morgan fingerprint density at radius 1 is 0.660 bits per heavy atom. The summed E-state index contributed by atoms with van der Waals surface area (Å²) in [7, 11) is 0. The van der Waals surface area contributed by atoms with Crippen LogP contribution in [0.25, 0.3) is 0 Å². The van der Waals surface area contributed by atoms with Crippen LogP contribution in [0, 0.1) is 0 Å². The van der Waals surface area contributed by atoms with Crippen molar-refractivity contribution < 1.29 is 14.3 Å². The molecule has 0 aliphatic heterocycles. The number of anilines is 1. The van der Waals surface area contributed by atoms with E-state index in [-0.39, 0.29) is 16.7 Å². The van der Waals surface area contributed by atoms with E-state index in [1.807, 2.05) is 18.7 Å². The number of ether oxygens (including phenoxy) is 1. The molecule has 0 saturated heterocycles. The van der Waals surface area contributed by atoms with Crippen LogP contribution in [0.3, 0.4) is 0 Å². The highest BCUT2D eigenvalue weighted by atomic mass is 32.2. The maximum Gasteiger partial charge on any atom is 0.415 e. The van der Waals surface area contributed by atoms with Crippen LogP contribution in [-0.4, -0.2) is 60.3 Å². The predicted molar refractivity (Wildman–Crippen MR) is 196 cm³/mol. The number of rotatable bonds is 18. The fourth-order valence-corrected chi connectivity index (χ4v) is 7.39. The normalized spacial score (nSPS) is 11.3. The Bertz CT molecular complexity index is 1390. The van der Waals surface area contributed by atoms with Gasteiger partial charge in [0.2, 0.25) is 5.91 Å². The second-order valence-corrected chi connectivity index (χ2v) is 12.9. The van der Waals surface area contributed by atoms with Gasteiger partial charge in [-0.2, -0.15) is 0 Å². The molecule has 4 aromatic rings. The van der Waals surface area contributed by atoms with Crippen LogP contribution in [0.4, 0.5) is 10.5 Å². The molecule has 0 radical (unpaired) electrons. The van der Waals surface area contributed by atoms with Crippen LogP contribution in [0.5, 0.6) is 5.75 Å². The molecule has 0 fully saturated rings. The molecule has 0 aliphatic carbocycles. The highest BCUT2D eigenvalue weighted by Crippen LogP contribution is 2.48. The van der Waals surface area contributed by atoms with Crippen LogP contribution in [0.2, 0.25) is 0 Å². The first-order chi connectivity index (χ1) is 23.0. The van der Waals surface area contributed by atoms with Gasteiger partial charge in [0.05, 0.1) is 4.75 Å². The highest BCUT2D eigenvalue weighted by Gasteiger charge is 2.36. The zero-order valence-corrected chi connectivity index (χ0v) is 28.9. The van der Waals surface area contributed by atoms with Gasteiger partial charge in [-0.1, -0.05) is 111 Å². The molecule has 7 heteroatoms. The van der Waals surface area contributed by atoms with Crippen molar-refractivity contribution in [1.29, 1.82) is 0 Å². The highest BCUT2D eigenvalue weighted by molar-refractivity contribution is 8.00. The largest absolute Gasteiger partial charge is 0.415 e. The number of hydrogen-bond donors (Lipinski definition) is 1. The summed E-state index contributed by atoms with van der Waals surface area (Å²) >= 11 is 2.04. The summed E-state index contributed by atoms with van der Waals surface area (Å²) in [5.74, 6) is 1.39. The lowest BCUT2D eigenvalue weighted by Gasteiger charge is -2.35. The number of amides is 2. The summed E-state index contributed by atoms with van der Waals surface area (Å²) in [6, 6.07) is 39.6. The van der Waals surface area contributed by atoms with Crippen LogP contribution in [-0.2, 0) is 9.54 Å². The van der Waals surface area contributed by atoms with Gasteiger partial charge in [-0.05, 0) is 79.6 Å². The minimum absolute atomic E-state index is 0.140. The summed E-state index contributed by atoms with van der Waals surface area (Å²) in [5, 5.41) is 2.72. The summed E-state index contributed by atoms with van der Waals surface area (Å²) in [5.41, 5.74) is 4.60. The molecule has 0 aliphatic rings. The minimum Gasteiger partial charge on any atom is -0.410 e. The third kappa shape index (κ3) is 10.5. The standard InChI is InChI=1S/C40H49N3O3S/c1-4-42(30-31-43(5-2)39(45)46-38-27-25-37(26-28-38)41-33(3)44)29-17-6-7-18-32-47-40(34-19-11-8-12-20-34,35-21-13-9-14-22-35)36-23-15-10-16-24-36/h8-16,19-28H,4-7,17-18,29-32H2,1-3H3,(H,41,44). The van der Waals surface area contributed by atoms with Crippen molar-refractivity contribution in [3.8, 4) is 5.75 Å². The third-order valence-electron chi connectivity index (χ3n) is 8.38. The Labute approximate surface area is 285 Å². The van der Waals surface area contributed by atoms with Crippen molar-refractivity contribution in [1.82, 2.24) is 9.80 Å². The SMILES string of the molecule is CCN(CCCCCCSC(c1ccccc1)(c1ccccc1)c1ccccc1)CCN(CC)C(=O)Oc1ccc(NC(C)=O)cc1. The van der Waals surface area contributed by atoms with Gasteiger partial charge in [0.15, 0.2) is 0 Å². The van der Waals surface area contributed by atoms with Gasteiger partial charge in [-0.3, -0.25) is 4.79 Å². The lowest BCUT2D eigenvalue weighted by atomic mass is 9.84. The molecule has 2 amide bonds. The number of likely N-dealkylation sites (N-methyl/N-ethyl adjacent to an activating group) is 2. The second kappa shape index (κ2) is 18.9. The Balaban J connectivity index is 1.24. The number of carbonyl (C=O) groups is 2. The average Bonchev–Trinajstić information content (AvgIpc) is 3.10. The molecule has 248 valence electrons. The van der Waals surface area contributed by atoms with Crippen molar-refractivity contribution in [2.24, 2.45) is 0 Å². The van der Waals surface area contributed by atoms with E-state index >= 15 is 0 Å². The van der Waals surface area contributed by atoms with E-state index in [1.54, 1.807) is 29.2 Å². The van der Waals surface area contributed by atoms with Crippen molar-refractivity contribution in [2.45, 2.75) is 51.2 Å². The topological polar surface area (TPSA) is 61.9 Å². The predicted octanol–water partition coefficient (Wildman–Crippen LogP) is 9.07. The van der Waals surface area contributed by atoms with Gasteiger partial charge >= 0.3 is 6.09 Å². The van der Waals surface area contributed by atoms with E-state index in [1.165, 1.54) is 36.5 Å². The summed E-state index contributed by atoms with van der Waals surface area (Å²) in [6.07, 6.45) is 4.31. The van der Waals surface area contributed by atoms with E-state index in [9.17, 15) is 9.59 Å². The molecule has 0 unspecified atom stereocenters. The van der Waals surface area contributed by atoms with Crippen LogP contribution >= 0.6 is 11.8 Å². The molecular weight excluding hydrogens is 603 g/mol. The number of nitrogens with zero attached hydrogens (tertiary/aromatic N) is 2. The van der Waals surface area contributed by atoms with E-state index in [4.69, 9.17) is 4.74 Å². The lowest BCUT2D eigenvalue weighted by molar-refractivity contribution is -0.114. The molecule has 0 saturated carbocycles. The summed E-state index contributed by atoms with van der Waals surface area (Å²) in [6.45, 7) is 9.57. The number of carbonyl (C=O) groups excluding carboxylic acids is 2. The van der Waals surface area contributed by atoms with Gasteiger partial charge in [-0.25, -0.2) is 4.79 Å². The molecule has 6 nitrogen and oxygen atoms in total. The maximum absolute atomic E-state index is 12.8. The molecule has 0 heterocycles. The smallest absolute Gasteiger partial charge is 0.410 e. The van der Waals surface area contributed by atoms with Crippen molar-refractivity contribution in [3.05, 3.63) is 132 Å². The Morgan fingerprint density at radius 2 is 1.19 bits per heavy atom. The van der Waals surface area contributed by atoms with Gasteiger partial charge in [-0.15, -0.1) is 11.8 Å². The molecular formula is C40H49N3O3S. The molecule has 0 spiro atoms. The van der Waals surface area contributed by atoms with Crippen LogP contribution < -0.4 is 10.1 Å². The zero-order chi connectivity index (χ0) is 33.3. The molecule has 0 atom stereocenters. The van der Waals surface area contributed by atoms with E-state index in [2.05, 4.69) is 108 Å². The number of thioether (sulfide) groups is 1. The van der Waals surface area contributed by atoms with Crippen molar-refractivity contribution in [2.75, 3.05) is 43.8 Å². The minimum atomic E-state index is -0.356. The van der Waals surface area contributed by atoms with Crippen LogP contribution in [0.1, 0.15) is 63.1 Å². The number of nitrogens with one attached hydrogen (secondary N) is 1. The van der Waals surface area contributed by atoms with Gasteiger partial charge in [0.1, 0.15) is 5.75 Å². The molecule has 0 aromatic heterocycles. The third-order valence-corrected chi connectivity index (χ3v) is 10.0.